The predicted molar refractivity (Wildman–Crippen MR) is 69.8 cm³/mol. The van der Waals surface area contributed by atoms with Gasteiger partial charge in [0.25, 0.3) is 5.91 Å². The lowest BCUT2D eigenvalue weighted by Crippen LogP contribution is -2.50. The molecule has 1 aromatic heterocycles. The van der Waals surface area contributed by atoms with E-state index in [1.54, 1.807) is 6.07 Å². The van der Waals surface area contributed by atoms with Crippen molar-refractivity contribution in [2.45, 2.75) is 31.8 Å². The summed E-state index contributed by atoms with van der Waals surface area (Å²) in [6.07, 6.45) is 3.09. The number of carbonyl (C=O) groups is 2. The number of aromatic nitrogens is 1. The molecule has 1 aliphatic heterocycles. The minimum Gasteiger partial charge on any atom is -0.480 e. The largest absolute Gasteiger partial charge is 0.480 e. The van der Waals surface area contributed by atoms with E-state index >= 15 is 0 Å². The third-order valence-corrected chi connectivity index (χ3v) is 3.53. The van der Waals surface area contributed by atoms with E-state index in [0.717, 1.165) is 13.0 Å². The molecule has 1 amide bonds. The van der Waals surface area contributed by atoms with Crippen molar-refractivity contribution in [3.8, 4) is 0 Å². The van der Waals surface area contributed by atoms with Crippen LogP contribution in [-0.4, -0.2) is 45.1 Å². The summed E-state index contributed by atoms with van der Waals surface area (Å²) in [6.45, 7) is 3.27. The maximum absolute atomic E-state index is 12.4. The fraction of sp³-hybridized carbons (Fsp3) is 0.538. The fourth-order valence-corrected chi connectivity index (χ4v) is 2.39. The van der Waals surface area contributed by atoms with Crippen LogP contribution in [0.4, 0.5) is 0 Å². The third-order valence-electron chi connectivity index (χ3n) is 3.53. The highest BCUT2D eigenvalue weighted by Crippen LogP contribution is 2.21. The third kappa shape index (κ3) is 2.49. The van der Waals surface area contributed by atoms with Crippen molar-refractivity contribution in [1.82, 2.24) is 9.47 Å². The van der Waals surface area contributed by atoms with Gasteiger partial charge in [-0.1, -0.05) is 6.92 Å². The highest BCUT2D eigenvalue weighted by molar-refractivity contribution is 5.94. The average Bonchev–Trinajstić information content (AvgIpc) is 2.97. The van der Waals surface area contributed by atoms with E-state index in [1.807, 2.05) is 23.8 Å². The number of carboxylic acids is 1. The molecule has 1 unspecified atom stereocenters. The van der Waals surface area contributed by atoms with Gasteiger partial charge in [-0.15, -0.1) is 0 Å². The van der Waals surface area contributed by atoms with Gasteiger partial charge in [-0.25, -0.2) is 0 Å². The number of carboxylic acid groups (broad SMARTS) is 1. The Bertz CT molecular complexity index is 497. The number of nitrogens with zero attached hydrogens (tertiary/aromatic N) is 2. The van der Waals surface area contributed by atoms with Gasteiger partial charge < -0.3 is 20.3 Å². The summed E-state index contributed by atoms with van der Waals surface area (Å²) >= 11 is 0. The maximum Gasteiger partial charge on any atom is 0.325 e. The number of nitrogens with two attached hydrogens (primary N) is 1. The Hall–Kier alpha value is -1.82. The Morgan fingerprint density at radius 2 is 2.26 bits per heavy atom. The van der Waals surface area contributed by atoms with Gasteiger partial charge in [0.2, 0.25) is 0 Å². The molecule has 0 aliphatic carbocycles. The number of hydrogen-bond acceptors (Lipinski definition) is 3. The van der Waals surface area contributed by atoms with Gasteiger partial charge in [-0.05, 0) is 25.0 Å². The molecule has 2 rings (SSSR count). The van der Waals surface area contributed by atoms with Crippen molar-refractivity contribution < 1.29 is 14.7 Å². The number of aryl methyl sites for hydroxylation is 1. The van der Waals surface area contributed by atoms with Crippen molar-refractivity contribution in [1.29, 1.82) is 0 Å². The van der Waals surface area contributed by atoms with Gasteiger partial charge in [0.1, 0.15) is 11.2 Å². The van der Waals surface area contributed by atoms with Crippen molar-refractivity contribution >= 4 is 11.9 Å². The van der Waals surface area contributed by atoms with Crippen LogP contribution in [-0.2, 0) is 11.3 Å². The quantitative estimate of drug-likeness (QED) is 0.831. The molecular formula is C13H19N3O3. The zero-order valence-electron chi connectivity index (χ0n) is 11.0. The molecule has 0 radical (unpaired) electrons. The van der Waals surface area contributed by atoms with E-state index in [1.165, 1.54) is 4.90 Å². The lowest BCUT2D eigenvalue weighted by Gasteiger charge is -2.20. The van der Waals surface area contributed by atoms with E-state index in [-0.39, 0.29) is 12.5 Å². The molecule has 1 saturated heterocycles. The van der Waals surface area contributed by atoms with Crippen LogP contribution < -0.4 is 5.73 Å². The summed E-state index contributed by atoms with van der Waals surface area (Å²) in [7, 11) is 0. The Morgan fingerprint density at radius 3 is 2.84 bits per heavy atom. The normalized spacial score (nSPS) is 22.7. The second kappa shape index (κ2) is 5.05. The zero-order chi connectivity index (χ0) is 14.0. The Kier molecular flexibility index (Phi) is 3.61. The minimum absolute atomic E-state index is 0.0679. The van der Waals surface area contributed by atoms with E-state index in [2.05, 4.69) is 0 Å². The first kappa shape index (κ1) is 13.6. The Balaban J connectivity index is 2.13. The molecule has 19 heavy (non-hydrogen) atoms. The SMILES string of the molecule is CCCn1cccc1C(=O)N1CCC(N)(C(=O)O)C1. The van der Waals surface area contributed by atoms with Crippen molar-refractivity contribution in [3.63, 3.8) is 0 Å². The summed E-state index contributed by atoms with van der Waals surface area (Å²) in [5, 5.41) is 9.07. The first-order valence-corrected chi connectivity index (χ1v) is 6.44. The number of aliphatic carboxylic acids is 1. The molecule has 3 N–H and O–H groups in total. The molecular weight excluding hydrogens is 246 g/mol. The lowest BCUT2D eigenvalue weighted by molar-refractivity contribution is -0.142. The number of rotatable bonds is 4. The molecule has 0 bridgehead atoms. The molecule has 6 heteroatoms. The van der Waals surface area contributed by atoms with E-state index in [4.69, 9.17) is 10.8 Å². The molecule has 0 aromatic carbocycles. The highest BCUT2D eigenvalue weighted by atomic mass is 16.4. The smallest absolute Gasteiger partial charge is 0.325 e. The molecule has 1 aliphatic rings. The van der Waals surface area contributed by atoms with Crippen LogP contribution in [0.25, 0.3) is 0 Å². The van der Waals surface area contributed by atoms with Gasteiger partial charge in [-0.3, -0.25) is 9.59 Å². The number of amides is 1. The van der Waals surface area contributed by atoms with Gasteiger partial charge in [0.15, 0.2) is 0 Å². The lowest BCUT2D eigenvalue weighted by atomic mass is 10.0. The summed E-state index contributed by atoms with van der Waals surface area (Å²) in [6, 6.07) is 3.58. The van der Waals surface area contributed by atoms with Crippen LogP contribution in [0.1, 0.15) is 30.3 Å². The summed E-state index contributed by atoms with van der Waals surface area (Å²) in [5.74, 6) is -1.20. The molecule has 104 valence electrons. The first-order chi connectivity index (χ1) is 8.98. The second-order valence-corrected chi connectivity index (χ2v) is 5.02. The standard InChI is InChI=1S/C13H19N3O3/c1-2-6-15-7-3-4-10(15)11(17)16-8-5-13(14,9-16)12(18)19/h3-4,7H,2,5-6,8-9,14H2,1H3,(H,18,19). The van der Waals surface area contributed by atoms with Crippen LogP contribution in [0.3, 0.4) is 0 Å². The van der Waals surface area contributed by atoms with Gasteiger partial charge in [-0.2, -0.15) is 0 Å². The molecule has 1 atom stereocenters. The molecule has 1 fully saturated rings. The minimum atomic E-state index is -1.31. The first-order valence-electron chi connectivity index (χ1n) is 6.44. The van der Waals surface area contributed by atoms with E-state index in [9.17, 15) is 9.59 Å². The van der Waals surface area contributed by atoms with Crippen LogP contribution >= 0.6 is 0 Å². The topological polar surface area (TPSA) is 88.6 Å². The van der Waals surface area contributed by atoms with Crippen LogP contribution in [0.5, 0.6) is 0 Å². The van der Waals surface area contributed by atoms with Gasteiger partial charge in [0.05, 0.1) is 0 Å². The number of hydrogen-bond donors (Lipinski definition) is 2. The van der Waals surface area contributed by atoms with E-state index in [0.29, 0.717) is 18.7 Å². The molecule has 2 heterocycles. The Morgan fingerprint density at radius 1 is 1.53 bits per heavy atom. The molecule has 1 aromatic rings. The summed E-state index contributed by atoms with van der Waals surface area (Å²) in [4.78, 5) is 25.0. The second-order valence-electron chi connectivity index (χ2n) is 5.02. The van der Waals surface area contributed by atoms with E-state index < -0.39 is 11.5 Å². The predicted octanol–water partition coefficient (Wildman–Crippen LogP) is 0.526. The summed E-state index contributed by atoms with van der Waals surface area (Å²) in [5.41, 5.74) is 5.07. The number of likely N-dealkylation sites (tertiary alicyclic amines) is 1. The monoisotopic (exact) mass is 265 g/mol. The maximum atomic E-state index is 12.4. The van der Waals surface area contributed by atoms with Crippen LogP contribution in [0, 0.1) is 0 Å². The van der Waals surface area contributed by atoms with Gasteiger partial charge in [0, 0.05) is 25.8 Å². The zero-order valence-corrected chi connectivity index (χ0v) is 11.0. The van der Waals surface area contributed by atoms with Crippen LogP contribution in [0.2, 0.25) is 0 Å². The number of carbonyl (C=O) groups excluding carboxylic acids is 1. The van der Waals surface area contributed by atoms with Crippen molar-refractivity contribution in [2.75, 3.05) is 13.1 Å². The van der Waals surface area contributed by atoms with Gasteiger partial charge >= 0.3 is 5.97 Å². The molecule has 6 nitrogen and oxygen atoms in total. The summed E-state index contributed by atoms with van der Waals surface area (Å²) < 4.78 is 1.89. The Labute approximate surface area is 111 Å². The average molecular weight is 265 g/mol. The van der Waals surface area contributed by atoms with Crippen LogP contribution in [0.15, 0.2) is 18.3 Å². The fourth-order valence-electron chi connectivity index (χ4n) is 2.39. The highest BCUT2D eigenvalue weighted by Gasteiger charge is 2.43. The van der Waals surface area contributed by atoms with Crippen molar-refractivity contribution in [2.24, 2.45) is 5.73 Å². The molecule has 0 spiro atoms. The molecule has 0 saturated carbocycles. The van der Waals surface area contributed by atoms with Crippen molar-refractivity contribution in [3.05, 3.63) is 24.0 Å².